The summed E-state index contributed by atoms with van der Waals surface area (Å²) in [5, 5.41) is 13.4. The molecule has 0 atom stereocenters. The molecule has 0 aromatic heterocycles. The van der Waals surface area contributed by atoms with Crippen molar-refractivity contribution in [3.8, 4) is 5.75 Å². The van der Waals surface area contributed by atoms with Gasteiger partial charge in [0.2, 0.25) is 0 Å². The number of carbonyl (C=O) groups excluding carboxylic acids is 3. The van der Waals surface area contributed by atoms with E-state index in [2.05, 4.69) is 5.32 Å². The number of hydrogen-bond acceptors (Lipinski definition) is 7. The van der Waals surface area contributed by atoms with Crippen LogP contribution in [0, 0.1) is 10.1 Å². The number of benzene rings is 3. The van der Waals surface area contributed by atoms with Crippen molar-refractivity contribution in [1.29, 1.82) is 0 Å². The van der Waals surface area contributed by atoms with E-state index >= 15 is 0 Å². The van der Waals surface area contributed by atoms with Gasteiger partial charge in [-0.3, -0.25) is 19.7 Å². The molecule has 1 amide bonds. The Bertz CT molecular complexity index is 1140. The Balaban J connectivity index is 1.54. The summed E-state index contributed by atoms with van der Waals surface area (Å²) in [5.74, 6) is -0.891. The molecular formula is C23H18N2O7. The van der Waals surface area contributed by atoms with Crippen molar-refractivity contribution < 1.29 is 28.8 Å². The molecule has 3 aromatic carbocycles. The SMILES string of the molecule is COc1ccc(C(=O)Nc2ccc(C(=O)OCC(=O)c3ccc([N+](=O)[O-])cc3)cc2)cc1. The zero-order chi connectivity index (χ0) is 23.1. The lowest BCUT2D eigenvalue weighted by Crippen LogP contribution is -2.15. The van der Waals surface area contributed by atoms with Crippen molar-refractivity contribution in [3.05, 3.63) is 99.6 Å². The lowest BCUT2D eigenvalue weighted by Gasteiger charge is -2.08. The second kappa shape index (κ2) is 9.98. The van der Waals surface area contributed by atoms with Crippen LogP contribution >= 0.6 is 0 Å². The number of methoxy groups -OCH3 is 1. The van der Waals surface area contributed by atoms with Crippen LogP contribution in [0.3, 0.4) is 0 Å². The molecule has 3 aromatic rings. The number of hydrogen-bond donors (Lipinski definition) is 1. The summed E-state index contributed by atoms with van der Waals surface area (Å²) in [7, 11) is 1.53. The third-order valence-electron chi connectivity index (χ3n) is 4.47. The molecule has 1 N–H and O–H groups in total. The lowest BCUT2D eigenvalue weighted by molar-refractivity contribution is -0.384. The Labute approximate surface area is 182 Å². The largest absolute Gasteiger partial charge is 0.497 e. The van der Waals surface area contributed by atoms with Gasteiger partial charge in [0, 0.05) is 28.9 Å². The van der Waals surface area contributed by atoms with Crippen LogP contribution in [0.1, 0.15) is 31.1 Å². The van der Waals surface area contributed by atoms with Crippen LogP contribution in [-0.2, 0) is 4.74 Å². The molecule has 9 heteroatoms. The zero-order valence-corrected chi connectivity index (χ0v) is 16.9. The third kappa shape index (κ3) is 5.54. The van der Waals surface area contributed by atoms with Gasteiger partial charge in [0.15, 0.2) is 12.4 Å². The fraction of sp³-hybridized carbons (Fsp3) is 0.0870. The lowest BCUT2D eigenvalue weighted by atomic mass is 10.1. The summed E-state index contributed by atoms with van der Waals surface area (Å²) in [6, 6.07) is 17.6. The second-order valence-electron chi connectivity index (χ2n) is 6.56. The molecule has 162 valence electrons. The molecule has 0 unspecified atom stereocenters. The van der Waals surface area contributed by atoms with Gasteiger partial charge in [0.1, 0.15) is 5.75 Å². The van der Waals surface area contributed by atoms with Crippen LogP contribution in [0.5, 0.6) is 5.75 Å². The highest BCUT2D eigenvalue weighted by Gasteiger charge is 2.14. The van der Waals surface area contributed by atoms with Crippen molar-refractivity contribution in [2.24, 2.45) is 0 Å². The number of non-ortho nitro benzene ring substituents is 1. The molecule has 0 saturated carbocycles. The van der Waals surface area contributed by atoms with Crippen LogP contribution in [0.2, 0.25) is 0 Å². The van der Waals surface area contributed by atoms with Crippen LogP contribution in [0.15, 0.2) is 72.8 Å². The summed E-state index contributed by atoms with van der Waals surface area (Å²) < 4.78 is 10.1. The van der Waals surface area contributed by atoms with Crippen molar-refractivity contribution >= 4 is 29.0 Å². The number of nitro benzene ring substituents is 1. The minimum absolute atomic E-state index is 0.141. The highest BCUT2D eigenvalue weighted by molar-refractivity contribution is 6.04. The first-order chi connectivity index (χ1) is 15.4. The summed E-state index contributed by atoms with van der Waals surface area (Å²) in [4.78, 5) is 46.7. The number of rotatable bonds is 8. The number of Topliss-reactive ketones (excluding diaryl/α,β-unsaturated/α-hetero) is 1. The number of nitrogens with zero attached hydrogens (tertiary/aromatic N) is 1. The molecule has 32 heavy (non-hydrogen) atoms. The van der Waals surface area contributed by atoms with Crippen molar-refractivity contribution in [2.75, 3.05) is 19.0 Å². The highest BCUT2D eigenvalue weighted by Crippen LogP contribution is 2.16. The number of ether oxygens (including phenoxy) is 2. The quantitative estimate of drug-likeness (QED) is 0.247. The average Bonchev–Trinajstić information content (AvgIpc) is 2.82. The van der Waals surface area contributed by atoms with Gasteiger partial charge >= 0.3 is 5.97 Å². The molecule has 3 rings (SSSR count). The fourth-order valence-electron chi connectivity index (χ4n) is 2.70. The van der Waals surface area contributed by atoms with Gasteiger partial charge in [-0.05, 0) is 60.7 Å². The molecule has 0 saturated heterocycles. The maximum absolute atomic E-state index is 12.3. The molecule has 0 aliphatic rings. The Morgan fingerprint density at radius 1 is 0.844 bits per heavy atom. The van der Waals surface area contributed by atoms with E-state index in [4.69, 9.17) is 9.47 Å². The number of anilines is 1. The Morgan fingerprint density at radius 3 is 1.97 bits per heavy atom. The van der Waals surface area contributed by atoms with E-state index in [0.29, 0.717) is 17.0 Å². The molecule has 0 fully saturated rings. The first-order valence-corrected chi connectivity index (χ1v) is 9.37. The number of carbonyl (C=O) groups is 3. The van der Waals surface area contributed by atoms with Gasteiger partial charge in [-0.1, -0.05) is 0 Å². The maximum atomic E-state index is 12.3. The molecule has 0 spiro atoms. The predicted octanol–water partition coefficient (Wildman–Crippen LogP) is 3.90. The van der Waals surface area contributed by atoms with Gasteiger partial charge in [-0.15, -0.1) is 0 Å². The molecular weight excluding hydrogens is 416 g/mol. The molecule has 0 aliphatic heterocycles. The smallest absolute Gasteiger partial charge is 0.338 e. The van der Waals surface area contributed by atoms with Gasteiger partial charge in [-0.25, -0.2) is 4.79 Å². The monoisotopic (exact) mass is 434 g/mol. The Kier molecular flexibility index (Phi) is 6.92. The summed E-state index contributed by atoms with van der Waals surface area (Å²) in [6.07, 6.45) is 0. The van der Waals surface area contributed by atoms with Gasteiger partial charge < -0.3 is 14.8 Å². The highest BCUT2D eigenvalue weighted by atomic mass is 16.6. The molecule has 0 radical (unpaired) electrons. The third-order valence-corrected chi connectivity index (χ3v) is 4.47. The standard InChI is InChI=1S/C23H18N2O7/c1-31-20-12-6-16(7-13-20)22(27)24-18-8-2-17(3-9-18)23(28)32-14-21(26)15-4-10-19(11-5-15)25(29)30/h2-13H,14H2,1H3,(H,24,27). The molecule has 0 heterocycles. The Hall–Kier alpha value is -4.53. The number of esters is 1. The van der Waals surface area contributed by atoms with Crippen molar-refractivity contribution in [1.82, 2.24) is 0 Å². The maximum Gasteiger partial charge on any atom is 0.338 e. The topological polar surface area (TPSA) is 125 Å². The van der Waals surface area contributed by atoms with Gasteiger partial charge in [0.05, 0.1) is 17.6 Å². The van der Waals surface area contributed by atoms with Gasteiger partial charge in [-0.2, -0.15) is 0 Å². The molecule has 9 nitrogen and oxygen atoms in total. The molecule has 0 bridgehead atoms. The minimum atomic E-state index is -0.715. The Morgan fingerprint density at radius 2 is 1.41 bits per heavy atom. The van der Waals surface area contributed by atoms with E-state index < -0.39 is 23.3 Å². The summed E-state index contributed by atoms with van der Waals surface area (Å²) in [5.41, 5.74) is 1.17. The minimum Gasteiger partial charge on any atom is -0.497 e. The van der Waals surface area contributed by atoms with Crippen molar-refractivity contribution in [2.45, 2.75) is 0 Å². The number of nitrogens with one attached hydrogen (secondary N) is 1. The predicted molar refractivity (Wildman–Crippen MR) is 115 cm³/mol. The van der Waals surface area contributed by atoms with E-state index in [1.165, 1.54) is 55.6 Å². The average molecular weight is 434 g/mol. The van der Waals surface area contributed by atoms with Crippen LogP contribution in [0.4, 0.5) is 11.4 Å². The zero-order valence-electron chi connectivity index (χ0n) is 16.9. The number of nitro groups is 1. The first-order valence-electron chi connectivity index (χ1n) is 9.37. The van der Waals surface area contributed by atoms with Gasteiger partial charge in [0.25, 0.3) is 11.6 Å². The van der Waals surface area contributed by atoms with E-state index in [1.54, 1.807) is 24.3 Å². The second-order valence-corrected chi connectivity index (χ2v) is 6.56. The normalized spacial score (nSPS) is 10.2. The van der Waals surface area contributed by atoms with Crippen LogP contribution in [0.25, 0.3) is 0 Å². The fourth-order valence-corrected chi connectivity index (χ4v) is 2.70. The van der Waals surface area contributed by atoms with Crippen LogP contribution in [-0.4, -0.2) is 36.3 Å². The van der Waals surface area contributed by atoms with Crippen molar-refractivity contribution in [3.63, 3.8) is 0 Å². The first kappa shape index (κ1) is 22.2. The summed E-state index contributed by atoms with van der Waals surface area (Å²) in [6.45, 7) is -0.507. The van der Waals surface area contributed by atoms with Crippen LogP contribution < -0.4 is 10.1 Å². The van der Waals surface area contributed by atoms with E-state index in [9.17, 15) is 24.5 Å². The summed E-state index contributed by atoms with van der Waals surface area (Å²) >= 11 is 0. The number of amides is 1. The van der Waals surface area contributed by atoms with E-state index in [-0.39, 0.29) is 22.7 Å². The van der Waals surface area contributed by atoms with E-state index in [1.807, 2.05) is 0 Å². The van der Waals surface area contributed by atoms with E-state index in [0.717, 1.165) is 0 Å². The molecule has 0 aliphatic carbocycles. The number of ketones is 1.